The molecule has 3 nitrogen and oxygen atoms in total. The number of morpholine rings is 1. The van der Waals surface area contributed by atoms with Crippen molar-refractivity contribution in [2.45, 2.75) is 52.1 Å². The zero-order chi connectivity index (χ0) is 14.5. The smallest absolute Gasteiger partial charge is 0.140 e. The van der Waals surface area contributed by atoms with E-state index in [4.69, 9.17) is 4.74 Å². The Kier molecular flexibility index (Phi) is 6.14. The summed E-state index contributed by atoms with van der Waals surface area (Å²) in [6.45, 7) is 18.5. The molecule has 0 aromatic carbocycles. The van der Waals surface area contributed by atoms with Crippen LogP contribution in [0.25, 0.3) is 0 Å². The molecule has 1 heterocycles. The second-order valence-electron chi connectivity index (χ2n) is 6.65. The van der Waals surface area contributed by atoms with E-state index in [1.807, 2.05) is 0 Å². The molecule has 1 fully saturated rings. The van der Waals surface area contributed by atoms with Gasteiger partial charge in [0.2, 0.25) is 0 Å². The third-order valence-electron chi connectivity index (χ3n) is 4.51. The number of rotatable bonds is 6. The van der Waals surface area contributed by atoms with Gasteiger partial charge in [0.1, 0.15) is 16.5 Å². The molecule has 0 unspecified atom stereocenters. The maximum Gasteiger partial charge on any atom is 0.140 e. The molecule has 1 aliphatic heterocycles. The monoisotopic (exact) mass is 300 g/mol. The molecular formula is C14H32N2OSi2. The van der Waals surface area contributed by atoms with Gasteiger partial charge in [-0.1, -0.05) is 40.0 Å². The number of nitrogens with zero attached hydrogens (tertiary/aromatic N) is 2. The molecule has 0 aromatic rings. The van der Waals surface area contributed by atoms with Gasteiger partial charge in [0, 0.05) is 19.3 Å². The Balaban J connectivity index is 2.82. The first kappa shape index (κ1) is 16.8. The van der Waals surface area contributed by atoms with E-state index in [1.54, 1.807) is 0 Å². The van der Waals surface area contributed by atoms with E-state index in [1.165, 1.54) is 12.1 Å². The summed E-state index contributed by atoms with van der Waals surface area (Å²) in [5.74, 6) is 0. The predicted molar refractivity (Wildman–Crippen MR) is 89.3 cm³/mol. The van der Waals surface area contributed by atoms with E-state index in [9.17, 15) is 0 Å². The molecule has 19 heavy (non-hydrogen) atoms. The maximum atomic E-state index is 5.41. The van der Waals surface area contributed by atoms with Crippen LogP contribution in [-0.4, -0.2) is 51.9 Å². The van der Waals surface area contributed by atoms with E-state index in [0.717, 1.165) is 26.3 Å². The molecule has 1 saturated heterocycles. The summed E-state index contributed by atoms with van der Waals surface area (Å²) in [5.41, 5.74) is 0. The summed E-state index contributed by atoms with van der Waals surface area (Å²) in [5, 5.41) is 0. The molecule has 0 amide bonds. The van der Waals surface area contributed by atoms with Crippen molar-refractivity contribution in [1.29, 1.82) is 0 Å². The van der Waals surface area contributed by atoms with Crippen molar-refractivity contribution in [3.05, 3.63) is 12.4 Å². The molecule has 0 aromatic heterocycles. The van der Waals surface area contributed by atoms with Gasteiger partial charge in [-0.3, -0.25) is 0 Å². The van der Waals surface area contributed by atoms with Crippen molar-refractivity contribution in [3.63, 3.8) is 0 Å². The number of hydrogen-bond donors (Lipinski definition) is 0. The highest BCUT2D eigenvalue weighted by molar-refractivity contribution is 6.91. The highest BCUT2D eigenvalue weighted by Crippen LogP contribution is 2.26. The van der Waals surface area contributed by atoms with Crippen molar-refractivity contribution in [2.24, 2.45) is 0 Å². The molecule has 0 radical (unpaired) electrons. The van der Waals surface area contributed by atoms with Crippen LogP contribution in [0.1, 0.15) is 13.8 Å². The lowest BCUT2D eigenvalue weighted by molar-refractivity contribution is 0.0591. The normalized spacial score (nSPS) is 18.1. The van der Waals surface area contributed by atoms with Crippen LogP contribution in [0.3, 0.4) is 0 Å². The van der Waals surface area contributed by atoms with E-state index in [2.05, 4.69) is 61.6 Å². The van der Waals surface area contributed by atoms with E-state index in [-0.39, 0.29) is 0 Å². The highest BCUT2D eigenvalue weighted by atomic mass is 28.4. The fraction of sp³-hybridized carbons (Fsp3) is 0.857. The van der Waals surface area contributed by atoms with Gasteiger partial charge in [-0.05, 0) is 18.3 Å². The lowest BCUT2D eigenvalue weighted by Gasteiger charge is -2.46. The quantitative estimate of drug-likeness (QED) is 0.698. The first-order valence-electron chi connectivity index (χ1n) is 7.63. The van der Waals surface area contributed by atoms with Gasteiger partial charge in [0.25, 0.3) is 0 Å². The average Bonchev–Trinajstić information content (AvgIpc) is 2.39. The predicted octanol–water partition coefficient (Wildman–Crippen LogP) is 3.54. The first-order chi connectivity index (χ1) is 8.83. The molecule has 5 heteroatoms. The summed E-state index contributed by atoms with van der Waals surface area (Å²) in [6.07, 6.45) is 4.73. The van der Waals surface area contributed by atoms with Crippen LogP contribution in [0.5, 0.6) is 0 Å². The van der Waals surface area contributed by atoms with Crippen LogP contribution in [0.15, 0.2) is 12.4 Å². The summed E-state index contributed by atoms with van der Waals surface area (Å²) < 4.78 is 8.21. The Morgan fingerprint density at radius 3 is 1.89 bits per heavy atom. The Hall–Kier alpha value is -0.266. The Morgan fingerprint density at radius 2 is 1.47 bits per heavy atom. The zero-order valence-corrected chi connectivity index (χ0v) is 15.7. The van der Waals surface area contributed by atoms with Gasteiger partial charge in [0.15, 0.2) is 0 Å². The minimum atomic E-state index is -1.30. The Bertz CT molecular complexity index is 284. The standard InChI is InChI=1S/C14H32N2OSi2/c1-7-18(3,4)16(19(5,6)8-2)10-9-15-11-13-17-14-12-15/h9-10H,7-8,11-14H2,1-6H3/b10-9+. The number of hydrogen-bond acceptors (Lipinski definition) is 3. The summed E-state index contributed by atoms with van der Waals surface area (Å²) in [6, 6.07) is 2.63. The van der Waals surface area contributed by atoms with E-state index in [0.29, 0.717) is 0 Å². The van der Waals surface area contributed by atoms with Gasteiger partial charge in [-0.25, -0.2) is 0 Å². The molecule has 0 N–H and O–H groups in total. The lowest BCUT2D eigenvalue weighted by Crippen LogP contribution is -2.58. The minimum absolute atomic E-state index is 0.869. The Morgan fingerprint density at radius 1 is 1.00 bits per heavy atom. The van der Waals surface area contributed by atoms with Crippen molar-refractivity contribution < 1.29 is 4.74 Å². The maximum absolute atomic E-state index is 5.41. The summed E-state index contributed by atoms with van der Waals surface area (Å²) in [7, 11) is -2.59. The largest absolute Gasteiger partial charge is 0.429 e. The molecule has 0 spiro atoms. The zero-order valence-electron chi connectivity index (χ0n) is 13.7. The SMILES string of the molecule is CC[Si](C)(C)N(/C=C/N1CCOCC1)[Si](C)(C)CC. The van der Waals surface area contributed by atoms with Crippen molar-refractivity contribution >= 4 is 16.5 Å². The summed E-state index contributed by atoms with van der Waals surface area (Å²) in [4.78, 5) is 2.40. The second kappa shape index (κ2) is 6.95. The van der Waals surface area contributed by atoms with E-state index < -0.39 is 16.5 Å². The molecule has 1 aliphatic rings. The fourth-order valence-electron chi connectivity index (χ4n) is 2.45. The molecule has 112 valence electrons. The highest BCUT2D eigenvalue weighted by Gasteiger charge is 2.36. The second-order valence-corrected chi connectivity index (χ2v) is 16.7. The van der Waals surface area contributed by atoms with E-state index >= 15 is 0 Å². The third kappa shape index (κ3) is 4.65. The molecule has 1 rings (SSSR count). The van der Waals surface area contributed by atoms with Crippen molar-refractivity contribution in [1.82, 2.24) is 9.13 Å². The van der Waals surface area contributed by atoms with Crippen LogP contribution in [0, 0.1) is 0 Å². The topological polar surface area (TPSA) is 15.7 Å². The summed E-state index contributed by atoms with van der Waals surface area (Å²) >= 11 is 0. The minimum Gasteiger partial charge on any atom is -0.429 e. The fourth-order valence-corrected chi connectivity index (χ4v) is 11.6. The van der Waals surface area contributed by atoms with Crippen molar-refractivity contribution in [3.8, 4) is 0 Å². The molecular weight excluding hydrogens is 268 g/mol. The first-order valence-corrected chi connectivity index (χ1v) is 13.9. The van der Waals surface area contributed by atoms with Crippen LogP contribution < -0.4 is 0 Å². The molecule has 0 saturated carbocycles. The van der Waals surface area contributed by atoms with Gasteiger partial charge < -0.3 is 13.9 Å². The number of ether oxygens (including phenoxy) is 1. The molecule has 0 bridgehead atoms. The van der Waals surface area contributed by atoms with Crippen LogP contribution >= 0.6 is 0 Å². The van der Waals surface area contributed by atoms with Gasteiger partial charge >= 0.3 is 0 Å². The average molecular weight is 301 g/mol. The third-order valence-corrected chi connectivity index (χ3v) is 14.5. The lowest BCUT2D eigenvalue weighted by atomic mass is 10.4. The Labute approximate surface area is 121 Å². The van der Waals surface area contributed by atoms with Gasteiger partial charge in [0.05, 0.1) is 13.2 Å². The molecule has 0 atom stereocenters. The van der Waals surface area contributed by atoms with Crippen LogP contribution in [0.4, 0.5) is 0 Å². The van der Waals surface area contributed by atoms with Crippen LogP contribution in [0.2, 0.25) is 38.3 Å². The van der Waals surface area contributed by atoms with Gasteiger partial charge in [-0.2, -0.15) is 0 Å². The van der Waals surface area contributed by atoms with Gasteiger partial charge in [-0.15, -0.1) is 0 Å². The van der Waals surface area contributed by atoms with Crippen LogP contribution in [-0.2, 0) is 4.74 Å². The van der Waals surface area contributed by atoms with Crippen molar-refractivity contribution in [2.75, 3.05) is 26.3 Å². The molecule has 0 aliphatic carbocycles.